The average molecular weight is 244 g/mol. The van der Waals surface area contributed by atoms with E-state index in [-0.39, 0.29) is 6.04 Å². The zero-order chi connectivity index (χ0) is 12.7. The lowest BCUT2D eigenvalue weighted by Gasteiger charge is -2.10. The van der Waals surface area contributed by atoms with Crippen LogP contribution in [0.1, 0.15) is 22.9 Å². The molecule has 2 heterocycles. The standard InChI is InChI=1S/C13H12N2O3/c1-7-4-5-17-12(7)11(14)8-2-3-9-10(6-8)18-13(16)15-9/h2-6,11H,14H2,1H3,(H,15,16). The number of benzene rings is 1. The van der Waals surface area contributed by atoms with Crippen molar-refractivity contribution in [2.75, 3.05) is 0 Å². The highest BCUT2D eigenvalue weighted by molar-refractivity contribution is 5.73. The summed E-state index contributed by atoms with van der Waals surface area (Å²) in [7, 11) is 0. The predicted octanol–water partition coefficient (Wildman–Crippen LogP) is 2.07. The number of oxazole rings is 1. The minimum atomic E-state index is -0.468. The van der Waals surface area contributed by atoms with Gasteiger partial charge in [-0.25, -0.2) is 4.79 Å². The van der Waals surface area contributed by atoms with E-state index in [0.717, 1.165) is 11.1 Å². The van der Waals surface area contributed by atoms with Crippen LogP contribution in [0.4, 0.5) is 0 Å². The molecule has 2 aromatic heterocycles. The lowest BCUT2D eigenvalue weighted by atomic mass is 10.0. The highest BCUT2D eigenvalue weighted by atomic mass is 16.4. The van der Waals surface area contributed by atoms with Crippen molar-refractivity contribution in [1.82, 2.24) is 4.98 Å². The van der Waals surface area contributed by atoms with Gasteiger partial charge in [0, 0.05) is 0 Å². The molecule has 5 nitrogen and oxygen atoms in total. The van der Waals surface area contributed by atoms with Crippen LogP contribution in [-0.4, -0.2) is 4.98 Å². The number of hydrogen-bond acceptors (Lipinski definition) is 4. The summed E-state index contributed by atoms with van der Waals surface area (Å²) in [5, 5.41) is 0. The highest BCUT2D eigenvalue weighted by Gasteiger charge is 2.15. The van der Waals surface area contributed by atoms with Gasteiger partial charge in [0.1, 0.15) is 5.76 Å². The van der Waals surface area contributed by atoms with Crippen molar-refractivity contribution in [3.8, 4) is 0 Å². The fourth-order valence-corrected chi connectivity index (χ4v) is 2.01. The van der Waals surface area contributed by atoms with Gasteiger partial charge in [-0.1, -0.05) is 6.07 Å². The molecule has 0 saturated heterocycles. The van der Waals surface area contributed by atoms with Crippen molar-refractivity contribution in [1.29, 1.82) is 0 Å². The smallest absolute Gasteiger partial charge is 0.417 e. The molecule has 0 aliphatic heterocycles. The maximum absolute atomic E-state index is 11.1. The van der Waals surface area contributed by atoms with Crippen molar-refractivity contribution in [2.45, 2.75) is 13.0 Å². The number of furan rings is 1. The second kappa shape index (κ2) is 3.89. The summed E-state index contributed by atoms with van der Waals surface area (Å²) >= 11 is 0. The maximum atomic E-state index is 11.1. The summed E-state index contributed by atoms with van der Waals surface area (Å²) in [5.74, 6) is 0.247. The first-order valence-corrected chi connectivity index (χ1v) is 5.57. The largest absolute Gasteiger partial charge is 0.467 e. The predicted molar refractivity (Wildman–Crippen MR) is 66.3 cm³/mol. The van der Waals surface area contributed by atoms with Gasteiger partial charge in [-0.15, -0.1) is 0 Å². The van der Waals surface area contributed by atoms with E-state index in [1.54, 1.807) is 18.4 Å². The monoisotopic (exact) mass is 244 g/mol. The van der Waals surface area contributed by atoms with Crippen molar-refractivity contribution in [3.63, 3.8) is 0 Å². The number of nitrogens with two attached hydrogens (primary N) is 1. The number of fused-ring (bicyclic) bond motifs is 1. The van der Waals surface area contributed by atoms with Crippen molar-refractivity contribution >= 4 is 11.1 Å². The van der Waals surface area contributed by atoms with Gasteiger partial charge in [0.25, 0.3) is 0 Å². The Kier molecular flexibility index (Phi) is 2.34. The third kappa shape index (κ3) is 1.65. The van der Waals surface area contributed by atoms with E-state index in [1.165, 1.54) is 0 Å². The molecule has 5 heteroatoms. The van der Waals surface area contributed by atoms with E-state index in [2.05, 4.69) is 4.98 Å². The van der Waals surface area contributed by atoms with Gasteiger partial charge >= 0.3 is 5.76 Å². The summed E-state index contributed by atoms with van der Waals surface area (Å²) in [6.07, 6.45) is 1.61. The SMILES string of the molecule is Cc1ccoc1C(N)c1ccc2[nH]c(=O)oc2c1. The Balaban J connectivity index is 2.09. The highest BCUT2D eigenvalue weighted by Crippen LogP contribution is 2.25. The lowest BCUT2D eigenvalue weighted by Crippen LogP contribution is -2.11. The average Bonchev–Trinajstić information content (AvgIpc) is 2.91. The Bertz CT molecular complexity index is 751. The topological polar surface area (TPSA) is 85.2 Å². The van der Waals surface area contributed by atoms with E-state index in [4.69, 9.17) is 14.6 Å². The number of aromatic nitrogens is 1. The van der Waals surface area contributed by atoms with Crippen LogP contribution < -0.4 is 11.5 Å². The number of H-pyrrole nitrogens is 1. The van der Waals surface area contributed by atoms with E-state index in [0.29, 0.717) is 16.9 Å². The zero-order valence-corrected chi connectivity index (χ0v) is 9.77. The normalized spacial score (nSPS) is 13.0. The van der Waals surface area contributed by atoms with Crippen LogP contribution in [0.3, 0.4) is 0 Å². The first kappa shape index (κ1) is 10.9. The first-order valence-electron chi connectivity index (χ1n) is 5.57. The molecule has 0 fully saturated rings. The molecule has 1 aromatic carbocycles. The molecule has 0 saturated carbocycles. The third-order valence-electron chi connectivity index (χ3n) is 2.99. The van der Waals surface area contributed by atoms with E-state index < -0.39 is 5.76 Å². The Morgan fingerprint density at radius 1 is 1.33 bits per heavy atom. The molecule has 1 atom stereocenters. The van der Waals surface area contributed by atoms with Crippen LogP contribution in [0, 0.1) is 6.92 Å². The van der Waals surface area contributed by atoms with Gasteiger partial charge in [-0.3, -0.25) is 4.98 Å². The van der Waals surface area contributed by atoms with Crippen LogP contribution in [0.15, 0.2) is 44.2 Å². The molecule has 0 bridgehead atoms. The van der Waals surface area contributed by atoms with E-state index in [1.807, 2.05) is 19.1 Å². The Morgan fingerprint density at radius 2 is 2.17 bits per heavy atom. The zero-order valence-electron chi connectivity index (χ0n) is 9.77. The fourth-order valence-electron chi connectivity index (χ4n) is 2.01. The Morgan fingerprint density at radius 3 is 2.89 bits per heavy atom. The van der Waals surface area contributed by atoms with Gasteiger partial charge in [0.15, 0.2) is 5.58 Å². The number of aryl methyl sites for hydroxylation is 1. The number of aromatic amines is 1. The fraction of sp³-hybridized carbons (Fsp3) is 0.154. The van der Waals surface area contributed by atoms with E-state index in [9.17, 15) is 4.79 Å². The number of hydrogen-bond donors (Lipinski definition) is 2. The molecule has 0 amide bonds. The van der Waals surface area contributed by atoms with Crippen molar-refractivity contribution in [3.05, 3.63) is 58.0 Å². The van der Waals surface area contributed by atoms with Gasteiger partial charge in [-0.05, 0) is 36.2 Å². The Hall–Kier alpha value is -2.27. The van der Waals surface area contributed by atoms with Crippen LogP contribution in [0.5, 0.6) is 0 Å². The summed E-state index contributed by atoms with van der Waals surface area (Å²) in [6.45, 7) is 1.94. The number of nitrogens with one attached hydrogen (secondary N) is 1. The molecule has 92 valence electrons. The van der Waals surface area contributed by atoms with E-state index >= 15 is 0 Å². The molecule has 3 rings (SSSR count). The van der Waals surface area contributed by atoms with Crippen molar-refractivity contribution in [2.24, 2.45) is 5.73 Å². The molecular formula is C13H12N2O3. The molecule has 0 aliphatic rings. The van der Waals surface area contributed by atoms with Crippen LogP contribution in [0.2, 0.25) is 0 Å². The van der Waals surface area contributed by atoms with Crippen LogP contribution in [0.25, 0.3) is 11.1 Å². The minimum absolute atomic E-state index is 0.371. The summed E-state index contributed by atoms with van der Waals surface area (Å²) in [4.78, 5) is 13.7. The summed E-state index contributed by atoms with van der Waals surface area (Å²) in [5.41, 5.74) is 9.13. The maximum Gasteiger partial charge on any atom is 0.417 e. The van der Waals surface area contributed by atoms with Gasteiger partial charge in [-0.2, -0.15) is 0 Å². The third-order valence-corrected chi connectivity index (χ3v) is 2.99. The summed E-state index contributed by atoms with van der Waals surface area (Å²) < 4.78 is 10.4. The second-order valence-electron chi connectivity index (χ2n) is 4.22. The molecule has 0 spiro atoms. The minimum Gasteiger partial charge on any atom is -0.467 e. The lowest BCUT2D eigenvalue weighted by molar-refractivity contribution is 0.486. The Labute approximate surface area is 102 Å². The molecular weight excluding hydrogens is 232 g/mol. The molecule has 3 aromatic rings. The summed E-state index contributed by atoms with van der Waals surface area (Å²) in [6, 6.07) is 6.86. The molecule has 0 radical (unpaired) electrons. The van der Waals surface area contributed by atoms with Crippen molar-refractivity contribution < 1.29 is 8.83 Å². The van der Waals surface area contributed by atoms with Gasteiger partial charge in [0.2, 0.25) is 0 Å². The van der Waals surface area contributed by atoms with Crippen LogP contribution >= 0.6 is 0 Å². The molecule has 1 unspecified atom stereocenters. The molecule has 18 heavy (non-hydrogen) atoms. The quantitative estimate of drug-likeness (QED) is 0.722. The second-order valence-corrected chi connectivity index (χ2v) is 4.22. The van der Waals surface area contributed by atoms with Crippen LogP contribution in [-0.2, 0) is 0 Å². The number of rotatable bonds is 2. The first-order chi connectivity index (χ1) is 8.65. The van der Waals surface area contributed by atoms with Gasteiger partial charge in [0.05, 0.1) is 17.8 Å². The molecule has 0 aliphatic carbocycles. The van der Waals surface area contributed by atoms with Gasteiger partial charge < -0.3 is 14.6 Å². The molecule has 3 N–H and O–H groups in total.